The van der Waals surface area contributed by atoms with Crippen LogP contribution in [0.5, 0.6) is 5.88 Å². The number of pyridine rings is 1. The van der Waals surface area contributed by atoms with E-state index < -0.39 is 0 Å². The number of nitrogens with one attached hydrogen (secondary N) is 2. The largest absolute Gasteiger partial charge is 0.481 e. The number of nitrogens with zero attached hydrogens (tertiary/aromatic N) is 1. The molecule has 0 saturated heterocycles. The zero-order valence-electron chi connectivity index (χ0n) is 10.6. The highest BCUT2D eigenvalue weighted by atomic mass is 16.5. The van der Waals surface area contributed by atoms with E-state index in [1.807, 2.05) is 6.07 Å². The molecule has 1 saturated carbocycles. The summed E-state index contributed by atoms with van der Waals surface area (Å²) >= 11 is 0. The molecule has 98 valence electrons. The molecule has 1 heterocycles. The van der Waals surface area contributed by atoms with Gasteiger partial charge >= 0.3 is 0 Å². The lowest BCUT2D eigenvalue weighted by Crippen LogP contribution is -2.36. The summed E-state index contributed by atoms with van der Waals surface area (Å²) in [5, 5.41) is 6.06. The quantitative estimate of drug-likeness (QED) is 0.831. The molecule has 1 aliphatic carbocycles. The second-order valence-corrected chi connectivity index (χ2v) is 4.49. The summed E-state index contributed by atoms with van der Waals surface area (Å²) in [7, 11) is 1.57. The van der Waals surface area contributed by atoms with E-state index in [1.165, 1.54) is 12.8 Å². The molecular formula is C13H19N3O2. The maximum atomic E-state index is 11.7. The van der Waals surface area contributed by atoms with Crippen molar-refractivity contribution in [1.82, 2.24) is 10.3 Å². The molecule has 5 nitrogen and oxygen atoms in total. The molecule has 0 atom stereocenters. The number of rotatable bonds is 5. The van der Waals surface area contributed by atoms with Gasteiger partial charge in [0.1, 0.15) is 0 Å². The van der Waals surface area contributed by atoms with Crippen molar-refractivity contribution in [3.63, 3.8) is 0 Å². The number of methoxy groups -OCH3 is 1. The predicted molar refractivity (Wildman–Crippen MR) is 69.7 cm³/mol. The predicted octanol–water partition coefficient (Wildman–Crippen LogP) is 1.56. The SMILES string of the molecule is COc1ccc(NCC(=O)NC2CCCC2)cn1. The van der Waals surface area contributed by atoms with Crippen molar-refractivity contribution in [3.8, 4) is 5.88 Å². The van der Waals surface area contributed by atoms with Gasteiger partial charge in [0.05, 0.1) is 25.5 Å². The molecule has 0 bridgehead atoms. The lowest BCUT2D eigenvalue weighted by molar-refractivity contribution is -0.120. The highest BCUT2D eigenvalue weighted by Crippen LogP contribution is 2.17. The van der Waals surface area contributed by atoms with Gasteiger partial charge < -0.3 is 15.4 Å². The number of anilines is 1. The molecule has 0 aliphatic heterocycles. The molecule has 0 unspecified atom stereocenters. The molecule has 2 N–H and O–H groups in total. The molecule has 1 aromatic rings. The number of aromatic nitrogens is 1. The topological polar surface area (TPSA) is 63.2 Å². The van der Waals surface area contributed by atoms with Crippen LogP contribution in [0.15, 0.2) is 18.3 Å². The fraction of sp³-hybridized carbons (Fsp3) is 0.538. The first-order valence-corrected chi connectivity index (χ1v) is 6.31. The molecule has 5 heteroatoms. The third-order valence-corrected chi connectivity index (χ3v) is 3.12. The Labute approximate surface area is 107 Å². The number of amides is 1. The molecule has 1 aromatic heterocycles. The minimum atomic E-state index is 0.0396. The molecule has 18 heavy (non-hydrogen) atoms. The molecule has 1 fully saturated rings. The van der Waals surface area contributed by atoms with Crippen LogP contribution in [0.3, 0.4) is 0 Å². The van der Waals surface area contributed by atoms with Crippen LogP contribution in [0.2, 0.25) is 0 Å². The Morgan fingerprint density at radius 1 is 1.44 bits per heavy atom. The van der Waals surface area contributed by atoms with E-state index in [1.54, 1.807) is 19.4 Å². The van der Waals surface area contributed by atoms with E-state index >= 15 is 0 Å². The minimum absolute atomic E-state index is 0.0396. The second-order valence-electron chi connectivity index (χ2n) is 4.49. The highest BCUT2D eigenvalue weighted by Gasteiger charge is 2.16. The van der Waals surface area contributed by atoms with Crippen LogP contribution in [-0.4, -0.2) is 30.6 Å². The van der Waals surface area contributed by atoms with Crippen molar-refractivity contribution in [1.29, 1.82) is 0 Å². The van der Waals surface area contributed by atoms with Gasteiger partial charge in [0.2, 0.25) is 11.8 Å². The van der Waals surface area contributed by atoms with Gasteiger partial charge in [-0.1, -0.05) is 12.8 Å². The zero-order chi connectivity index (χ0) is 12.8. The Bertz CT molecular complexity index is 386. The summed E-state index contributed by atoms with van der Waals surface area (Å²) in [5.41, 5.74) is 0.817. The summed E-state index contributed by atoms with van der Waals surface area (Å²) in [4.78, 5) is 15.7. The fourth-order valence-corrected chi connectivity index (χ4v) is 2.14. The fourth-order valence-electron chi connectivity index (χ4n) is 2.14. The molecular weight excluding hydrogens is 230 g/mol. The molecule has 0 aromatic carbocycles. The van der Waals surface area contributed by atoms with Crippen molar-refractivity contribution in [2.45, 2.75) is 31.7 Å². The van der Waals surface area contributed by atoms with E-state index in [4.69, 9.17) is 4.74 Å². The first-order valence-electron chi connectivity index (χ1n) is 6.31. The van der Waals surface area contributed by atoms with Gasteiger partial charge in [-0.05, 0) is 18.9 Å². The van der Waals surface area contributed by atoms with E-state index in [-0.39, 0.29) is 12.5 Å². The summed E-state index contributed by atoms with van der Waals surface area (Å²) < 4.78 is 4.97. The number of hydrogen-bond acceptors (Lipinski definition) is 4. The average Bonchev–Trinajstić information content (AvgIpc) is 2.90. The van der Waals surface area contributed by atoms with Crippen LogP contribution in [-0.2, 0) is 4.79 Å². The monoisotopic (exact) mass is 249 g/mol. The lowest BCUT2D eigenvalue weighted by atomic mass is 10.2. The summed E-state index contributed by atoms with van der Waals surface area (Å²) in [6.45, 7) is 0.282. The summed E-state index contributed by atoms with van der Waals surface area (Å²) in [6.07, 6.45) is 6.31. The van der Waals surface area contributed by atoms with E-state index in [2.05, 4.69) is 15.6 Å². The van der Waals surface area contributed by atoms with Gasteiger partial charge in [-0.3, -0.25) is 4.79 Å². The number of hydrogen-bond donors (Lipinski definition) is 2. The van der Waals surface area contributed by atoms with Gasteiger partial charge in [0.25, 0.3) is 0 Å². The van der Waals surface area contributed by atoms with Gasteiger partial charge in [-0.15, -0.1) is 0 Å². The lowest BCUT2D eigenvalue weighted by Gasteiger charge is -2.12. The molecule has 1 amide bonds. The van der Waals surface area contributed by atoms with Crippen LogP contribution >= 0.6 is 0 Å². The average molecular weight is 249 g/mol. The van der Waals surface area contributed by atoms with E-state index in [0.29, 0.717) is 11.9 Å². The van der Waals surface area contributed by atoms with Crippen LogP contribution in [0.25, 0.3) is 0 Å². The Morgan fingerprint density at radius 2 is 2.22 bits per heavy atom. The molecule has 0 spiro atoms. The third-order valence-electron chi connectivity index (χ3n) is 3.12. The van der Waals surface area contributed by atoms with Crippen molar-refractivity contribution in [2.75, 3.05) is 19.0 Å². The van der Waals surface area contributed by atoms with Crippen molar-refractivity contribution in [2.24, 2.45) is 0 Å². The number of ether oxygens (including phenoxy) is 1. The van der Waals surface area contributed by atoms with Crippen molar-refractivity contribution < 1.29 is 9.53 Å². The molecule has 0 radical (unpaired) electrons. The molecule has 1 aliphatic rings. The first kappa shape index (κ1) is 12.7. The summed E-state index contributed by atoms with van der Waals surface area (Å²) in [6, 6.07) is 3.97. The van der Waals surface area contributed by atoms with Crippen molar-refractivity contribution >= 4 is 11.6 Å². The van der Waals surface area contributed by atoms with Crippen LogP contribution < -0.4 is 15.4 Å². The molecule has 2 rings (SSSR count). The minimum Gasteiger partial charge on any atom is -0.481 e. The first-order chi connectivity index (χ1) is 8.78. The van der Waals surface area contributed by atoms with E-state index in [0.717, 1.165) is 18.5 Å². The third kappa shape index (κ3) is 3.61. The highest BCUT2D eigenvalue weighted by molar-refractivity contribution is 5.80. The smallest absolute Gasteiger partial charge is 0.239 e. The Balaban J connectivity index is 1.74. The zero-order valence-corrected chi connectivity index (χ0v) is 10.6. The van der Waals surface area contributed by atoms with Gasteiger partial charge in [0, 0.05) is 12.1 Å². The maximum Gasteiger partial charge on any atom is 0.239 e. The van der Waals surface area contributed by atoms with Gasteiger partial charge in [-0.25, -0.2) is 4.98 Å². The Morgan fingerprint density at radius 3 is 2.83 bits per heavy atom. The van der Waals surface area contributed by atoms with Gasteiger partial charge in [0.15, 0.2) is 0 Å². The Kier molecular flexibility index (Phi) is 4.39. The van der Waals surface area contributed by atoms with E-state index in [9.17, 15) is 4.79 Å². The summed E-state index contributed by atoms with van der Waals surface area (Å²) in [5.74, 6) is 0.605. The number of carbonyl (C=O) groups is 1. The van der Waals surface area contributed by atoms with Crippen LogP contribution in [0, 0.1) is 0 Å². The van der Waals surface area contributed by atoms with Crippen molar-refractivity contribution in [3.05, 3.63) is 18.3 Å². The normalized spacial score (nSPS) is 15.4. The van der Waals surface area contributed by atoms with Crippen LogP contribution in [0.4, 0.5) is 5.69 Å². The Hall–Kier alpha value is -1.78. The standard InChI is InChI=1S/C13H19N3O2/c1-18-13-7-6-11(8-15-13)14-9-12(17)16-10-4-2-3-5-10/h6-8,10,14H,2-5,9H2,1H3,(H,16,17). The van der Waals surface area contributed by atoms with Gasteiger partial charge in [-0.2, -0.15) is 0 Å². The number of carbonyl (C=O) groups excluding carboxylic acids is 1. The second kappa shape index (κ2) is 6.23. The maximum absolute atomic E-state index is 11.7. The van der Waals surface area contributed by atoms with Crippen LogP contribution in [0.1, 0.15) is 25.7 Å².